The minimum atomic E-state index is 1.09. The van der Waals surface area contributed by atoms with Gasteiger partial charge in [0, 0.05) is 27.8 Å². The van der Waals surface area contributed by atoms with Gasteiger partial charge in [0.05, 0.1) is 16.7 Å². The number of hydrogen-bond acceptors (Lipinski definition) is 1. The van der Waals surface area contributed by atoms with E-state index in [9.17, 15) is 0 Å². The Balaban J connectivity index is 1.06. The fourth-order valence-corrected chi connectivity index (χ4v) is 9.55. The number of benzene rings is 11. The average Bonchev–Trinajstić information content (AvgIpc) is 3.67. The molecule has 1 aromatic heterocycles. The van der Waals surface area contributed by atoms with Crippen molar-refractivity contribution in [1.82, 2.24) is 4.57 Å². The largest absolute Gasteiger partial charge is 0.308 e. The Hall–Kier alpha value is -7.94. The van der Waals surface area contributed by atoms with Crippen LogP contribution in [0, 0.1) is 0 Å². The maximum Gasteiger partial charge on any atom is 0.0782 e. The zero-order chi connectivity index (χ0) is 39.6. The summed E-state index contributed by atoms with van der Waals surface area (Å²) in [6.45, 7) is 0. The molecule has 0 aliphatic heterocycles. The van der Waals surface area contributed by atoms with Gasteiger partial charge in [-0.25, -0.2) is 0 Å². The van der Waals surface area contributed by atoms with Crippen molar-refractivity contribution in [1.29, 1.82) is 0 Å². The minimum Gasteiger partial charge on any atom is -0.308 e. The summed E-state index contributed by atoms with van der Waals surface area (Å²) in [6, 6.07) is 84.3. The van der Waals surface area contributed by atoms with Gasteiger partial charge >= 0.3 is 0 Å². The van der Waals surface area contributed by atoms with Crippen LogP contribution in [0.25, 0.3) is 92.8 Å². The molecule has 12 rings (SSSR count). The lowest BCUT2D eigenvalue weighted by molar-refractivity contribution is 1.17. The zero-order valence-corrected chi connectivity index (χ0v) is 32.8. The fourth-order valence-electron chi connectivity index (χ4n) is 9.55. The van der Waals surface area contributed by atoms with Crippen LogP contribution in [0.2, 0.25) is 0 Å². The third-order valence-electron chi connectivity index (χ3n) is 12.3. The Morgan fingerprint density at radius 1 is 0.300 bits per heavy atom. The molecule has 0 aliphatic rings. The van der Waals surface area contributed by atoms with Crippen molar-refractivity contribution >= 4 is 82.0 Å². The number of hydrogen-bond donors (Lipinski definition) is 0. The molecule has 0 saturated carbocycles. The monoisotopic (exact) mass is 762 g/mol. The lowest BCUT2D eigenvalue weighted by atomic mass is 9.94. The topological polar surface area (TPSA) is 8.17 Å². The summed E-state index contributed by atoms with van der Waals surface area (Å²) >= 11 is 0. The second kappa shape index (κ2) is 13.9. The molecule has 0 unspecified atom stereocenters. The molecule has 280 valence electrons. The second-order valence-electron chi connectivity index (χ2n) is 15.7. The summed E-state index contributed by atoms with van der Waals surface area (Å²) in [4.78, 5) is 2.45. The smallest absolute Gasteiger partial charge is 0.0782 e. The Labute approximate surface area is 348 Å². The van der Waals surface area contributed by atoms with Gasteiger partial charge in [0.15, 0.2) is 0 Å². The molecule has 0 bridgehead atoms. The minimum absolute atomic E-state index is 1.09. The van der Waals surface area contributed by atoms with Gasteiger partial charge in [-0.1, -0.05) is 176 Å². The van der Waals surface area contributed by atoms with Gasteiger partial charge in [0.1, 0.15) is 0 Å². The highest BCUT2D eigenvalue weighted by atomic mass is 15.2. The van der Waals surface area contributed by atoms with Crippen molar-refractivity contribution in [2.45, 2.75) is 0 Å². The van der Waals surface area contributed by atoms with E-state index in [1.54, 1.807) is 0 Å². The van der Waals surface area contributed by atoms with E-state index in [1.165, 1.54) is 81.6 Å². The Bertz CT molecular complexity index is 3600. The van der Waals surface area contributed by atoms with E-state index in [-0.39, 0.29) is 0 Å². The van der Waals surface area contributed by atoms with Gasteiger partial charge in [0.2, 0.25) is 0 Å². The number of para-hydroxylation sites is 3. The molecular weight excluding hydrogens is 725 g/mol. The number of aromatic nitrogens is 1. The highest BCUT2D eigenvalue weighted by Crippen LogP contribution is 2.45. The Kier molecular flexibility index (Phi) is 7.89. The molecule has 60 heavy (non-hydrogen) atoms. The zero-order valence-electron chi connectivity index (χ0n) is 32.8. The fraction of sp³-hybridized carbons (Fsp3) is 0. The van der Waals surface area contributed by atoms with E-state index >= 15 is 0 Å². The predicted molar refractivity (Wildman–Crippen MR) is 256 cm³/mol. The molecule has 0 atom stereocenters. The first-order chi connectivity index (χ1) is 29.8. The third-order valence-corrected chi connectivity index (χ3v) is 12.3. The quantitative estimate of drug-likeness (QED) is 0.153. The van der Waals surface area contributed by atoms with Crippen LogP contribution in [0.4, 0.5) is 17.1 Å². The highest BCUT2D eigenvalue weighted by molar-refractivity contribution is 6.15. The van der Waals surface area contributed by atoms with Gasteiger partial charge in [0.25, 0.3) is 0 Å². The van der Waals surface area contributed by atoms with Crippen molar-refractivity contribution in [3.05, 3.63) is 231 Å². The van der Waals surface area contributed by atoms with E-state index in [0.717, 1.165) is 28.3 Å². The van der Waals surface area contributed by atoms with Gasteiger partial charge in [-0.15, -0.1) is 0 Å². The number of nitrogens with zero attached hydrogens (tertiary/aromatic N) is 2. The van der Waals surface area contributed by atoms with E-state index in [2.05, 4.69) is 240 Å². The molecular formula is C58H38N2. The molecule has 11 aromatic carbocycles. The second-order valence-corrected chi connectivity index (χ2v) is 15.7. The van der Waals surface area contributed by atoms with Crippen molar-refractivity contribution in [2.24, 2.45) is 0 Å². The summed E-state index contributed by atoms with van der Waals surface area (Å²) in [5, 5.41) is 12.6. The van der Waals surface area contributed by atoms with Crippen LogP contribution < -0.4 is 4.90 Å². The molecule has 2 heteroatoms. The van der Waals surface area contributed by atoms with Crippen LogP contribution >= 0.6 is 0 Å². The number of fused-ring (bicyclic) bond motifs is 9. The van der Waals surface area contributed by atoms with Crippen LogP contribution in [0.15, 0.2) is 231 Å². The van der Waals surface area contributed by atoms with E-state index in [1.807, 2.05) is 0 Å². The first-order valence-corrected chi connectivity index (χ1v) is 20.7. The molecule has 0 fully saturated rings. The maximum absolute atomic E-state index is 2.45. The van der Waals surface area contributed by atoms with Gasteiger partial charge in [-0.3, -0.25) is 0 Å². The number of anilines is 3. The maximum atomic E-state index is 2.45. The molecule has 1 heterocycles. The Morgan fingerprint density at radius 2 is 0.900 bits per heavy atom. The van der Waals surface area contributed by atoms with Gasteiger partial charge < -0.3 is 9.47 Å². The lowest BCUT2D eigenvalue weighted by Crippen LogP contribution is -2.12. The average molecular weight is 763 g/mol. The molecule has 0 amide bonds. The van der Waals surface area contributed by atoms with Crippen LogP contribution in [-0.4, -0.2) is 4.57 Å². The molecule has 0 saturated heterocycles. The summed E-state index contributed by atoms with van der Waals surface area (Å²) in [5.41, 5.74) is 11.5. The van der Waals surface area contributed by atoms with Crippen molar-refractivity contribution < 1.29 is 0 Å². The lowest BCUT2D eigenvalue weighted by Gasteiger charge is -2.28. The van der Waals surface area contributed by atoms with E-state index < -0.39 is 0 Å². The summed E-state index contributed by atoms with van der Waals surface area (Å²) in [6.07, 6.45) is 0. The molecule has 2 nitrogen and oxygen atoms in total. The summed E-state index contributed by atoms with van der Waals surface area (Å²) < 4.78 is 2.43. The molecule has 12 aromatic rings. The highest BCUT2D eigenvalue weighted by Gasteiger charge is 2.22. The van der Waals surface area contributed by atoms with Gasteiger partial charge in [-0.05, 0) is 120 Å². The van der Waals surface area contributed by atoms with Crippen molar-refractivity contribution in [2.75, 3.05) is 4.90 Å². The molecule has 0 N–H and O–H groups in total. The van der Waals surface area contributed by atoms with Crippen LogP contribution in [0.1, 0.15) is 0 Å². The van der Waals surface area contributed by atoms with Crippen LogP contribution in [0.3, 0.4) is 0 Å². The predicted octanol–water partition coefficient (Wildman–Crippen LogP) is 16.2. The normalized spacial score (nSPS) is 11.7. The standard InChI is InChI=1S/C58H38N2/c1-2-16-45(17-3-1)60-56-25-9-8-21-54(56)55-24-12-26-57(58(55)60)59(46-33-29-39(30-34-46)42-32-35-51-44(37-42)28-27-40-13-4-6-19-48(40)51)47-18-10-15-43(38-47)50-22-11-23-52-49-20-7-5-14-41(49)31-36-53(50)52/h1-38H. The van der Waals surface area contributed by atoms with Crippen molar-refractivity contribution in [3.63, 3.8) is 0 Å². The first-order valence-electron chi connectivity index (χ1n) is 20.7. The van der Waals surface area contributed by atoms with Crippen molar-refractivity contribution in [3.8, 4) is 27.9 Å². The number of rotatable bonds is 6. The van der Waals surface area contributed by atoms with E-state index in [0.29, 0.717) is 0 Å². The van der Waals surface area contributed by atoms with E-state index in [4.69, 9.17) is 0 Å². The summed E-state index contributed by atoms with van der Waals surface area (Å²) in [7, 11) is 0. The Morgan fingerprint density at radius 3 is 1.73 bits per heavy atom. The van der Waals surface area contributed by atoms with Gasteiger partial charge in [-0.2, -0.15) is 0 Å². The molecule has 0 aliphatic carbocycles. The molecule has 0 spiro atoms. The summed E-state index contributed by atoms with van der Waals surface area (Å²) in [5.74, 6) is 0. The van der Waals surface area contributed by atoms with Crippen LogP contribution in [-0.2, 0) is 0 Å². The molecule has 0 radical (unpaired) electrons. The third kappa shape index (κ3) is 5.50. The SMILES string of the molecule is c1ccc(-n2c3ccccc3c3cccc(N(c4ccc(-c5ccc6c(ccc7ccccc76)c5)cc4)c4cccc(-c5cccc6c5ccc5ccccc56)c4)c32)cc1. The first kappa shape index (κ1) is 34.1. The van der Waals surface area contributed by atoms with Crippen LogP contribution in [0.5, 0.6) is 0 Å².